The number of rotatable bonds is 1. The third kappa shape index (κ3) is 0.826. The van der Waals surface area contributed by atoms with Gasteiger partial charge in [0.2, 0.25) is 0 Å². The van der Waals surface area contributed by atoms with Gasteiger partial charge in [0.1, 0.15) is 0 Å². The zero-order valence-electron chi connectivity index (χ0n) is 8.22. The summed E-state index contributed by atoms with van der Waals surface area (Å²) in [6, 6.07) is 0.295. The molecule has 0 radical (unpaired) electrons. The van der Waals surface area contributed by atoms with E-state index < -0.39 is 0 Å². The Morgan fingerprint density at radius 2 is 2.00 bits per heavy atom. The van der Waals surface area contributed by atoms with Crippen LogP contribution in [0.3, 0.4) is 0 Å². The summed E-state index contributed by atoms with van der Waals surface area (Å²) in [6.45, 7) is 6.85. The van der Waals surface area contributed by atoms with E-state index >= 15 is 0 Å². The number of hydrogen-bond donors (Lipinski definition) is 2. The molecule has 2 nitrogen and oxygen atoms in total. The summed E-state index contributed by atoms with van der Waals surface area (Å²) in [6.07, 6.45) is 3.92. The van der Waals surface area contributed by atoms with Crippen LogP contribution in [-0.2, 0) is 0 Å². The zero-order valence-corrected chi connectivity index (χ0v) is 8.22. The molecule has 0 aromatic heterocycles. The van der Waals surface area contributed by atoms with Crippen LogP contribution in [0.4, 0.5) is 0 Å². The summed E-state index contributed by atoms with van der Waals surface area (Å²) in [7, 11) is 0. The minimum absolute atomic E-state index is 0.280. The van der Waals surface area contributed by atoms with Gasteiger partial charge >= 0.3 is 0 Å². The summed E-state index contributed by atoms with van der Waals surface area (Å²) in [4.78, 5) is 0. The van der Waals surface area contributed by atoms with Crippen molar-refractivity contribution >= 4 is 0 Å². The van der Waals surface area contributed by atoms with Crippen LogP contribution in [0.1, 0.15) is 40.0 Å². The maximum Gasteiger partial charge on any atom is 0.0427 e. The Kier molecular flexibility index (Phi) is 1.59. The van der Waals surface area contributed by atoms with E-state index in [9.17, 15) is 0 Å². The predicted molar refractivity (Wildman–Crippen MR) is 47.9 cm³/mol. The van der Waals surface area contributed by atoms with Crippen LogP contribution >= 0.6 is 0 Å². The number of hydrogen-bond acceptors (Lipinski definition) is 2. The second-order valence-electron chi connectivity index (χ2n) is 5.48. The van der Waals surface area contributed by atoms with Crippen LogP contribution in [0.2, 0.25) is 0 Å². The fraction of sp³-hybridized carbons (Fsp3) is 1.00. The van der Waals surface area contributed by atoms with Crippen molar-refractivity contribution in [2.75, 3.05) is 0 Å². The fourth-order valence-electron chi connectivity index (χ4n) is 3.62. The molecule has 12 heavy (non-hydrogen) atoms. The van der Waals surface area contributed by atoms with Crippen LogP contribution in [0, 0.1) is 16.7 Å². The van der Waals surface area contributed by atoms with Gasteiger partial charge in [-0.2, -0.15) is 0 Å². The van der Waals surface area contributed by atoms with Gasteiger partial charge in [0.05, 0.1) is 0 Å². The summed E-state index contributed by atoms with van der Waals surface area (Å²) in [5.41, 5.74) is 3.16. The van der Waals surface area contributed by atoms with E-state index in [2.05, 4.69) is 26.3 Å². The van der Waals surface area contributed by atoms with Crippen molar-refractivity contribution in [3.63, 3.8) is 0 Å². The van der Waals surface area contributed by atoms with Gasteiger partial charge in [-0.25, -0.2) is 5.48 Å². The Labute approximate surface area is 74.3 Å². The maximum absolute atomic E-state index is 9.14. The van der Waals surface area contributed by atoms with Gasteiger partial charge in [0.25, 0.3) is 0 Å². The van der Waals surface area contributed by atoms with Crippen LogP contribution in [0.15, 0.2) is 0 Å². The quantitative estimate of drug-likeness (QED) is 0.590. The first-order valence-electron chi connectivity index (χ1n) is 4.90. The standard InChI is InChI=1S/C10H19NO/c1-9(2)7-4-5-10(3,6-7)8(9)11-12/h7-8,11-12H,4-6H2,1-3H3/t7-,8?,10+/m0/s1. The highest BCUT2D eigenvalue weighted by Gasteiger charge is 2.59. The molecule has 0 spiro atoms. The minimum atomic E-state index is 0.280. The molecule has 70 valence electrons. The summed E-state index contributed by atoms with van der Waals surface area (Å²) in [5.74, 6) is 0.812. The topological polar surface area (TPSA) is 32.3 Å². The molecule has 2 aliphatic rings. The summed E-state index contributed by atoms with van der Waals surface area (Å²) in [5, 5.41) is 9.14. The van der Waals surface area contributed by atoms with Crippen molar-refractivity contribution in [1.29, 1.82) is 0 Å². The highest BCUT2D eigenvalue weighted by atomic mass is 16.5. The van der Waals surface area contributed by atoms with Crippen LogP contribution in [0.25, 0.3) is 0 Å². The third-order valence-electron chi connectivity index (χ3n) is 4.40. The van der Waals surface area contributed by atoms with Gasteiger partial charge in [0, 0.05) is 6.04 Å². The lowest BCUT2D eigenvalue weighted by atomic mass is 9.69. The van der Waals surface area contributed by atoms with Crippen LogP contribution in [0.5, 0.6) is 0 Å². The molecule has 2 heteroatoms. The molecule has 3 atom stereocenters. The van der Waals surface area contributed by atoms with E-state index in [-0.39, 0.29) is 5.41 Å². The molecule has 0 amide bonds. The monoisotopic (exact) mass is 169 g/mol. The molecule has 0 aromatic rings. The highest BCUT2D eigenvalue weighted by Crippen LogP contribution is 2.62. The number of fused-ring (bicyclic) bond motifs is 2. The van der Waals surface area contributed by atoms with Gasteiger partial charge in [-0.05, 0) is 36.0 Å². The van der Waals surface area contributed by atoms with E-state index in [1.165, 1.54) is 19.3 Å². The lowest BCUT2D eigenvalue weighted by molar-refractivity contribution is 0.00268. The maximum atomic E-state index is 9.14. The zero-order chi connectivity index (χ0) is 8.98. The second-order valence-corrected chi connectivity index (χ2v) is 5.48. The van der Waals surface area contributed by atoms with Crippen molar-refractivity contribution < 1.29 is 5.21 Å². The Morgan fingerprint density at radius 3 is 2.33 bits per heavy atom. The molecule has 1 unspecified atom stereocenters. The van der Waals surface area contributed by atoms with Crippen molar-refractivity contribution in [3.05, 3.63) is 0 Å². The molecule has 2 N–H and O–H groups in total. The van der Waals surface area contributed by atoms with Crippen molar-refractivity contribution in [3.8, 4) is 0 Å². The summed E-state index contributed by atoms with van der Waals surface area (Å²) >= 11 is 0. The van der Waals surface area contributed by atoms with Gasteiger partial charge in [-0.3, -0.25) is 0 Å². The van der Waals surface area contributed by atoms with Crippen LogP contribution < -0.4 is 5.48 Å². The lowest BCUT2D eigenvalue weighted by Gasteiger charge is -2.41. The largest absolute Gasteiger partial charge is 0.317 e. The third-order valence-corrected chi connectivity index (χ3v) is 4.40. The molecule has 2 fully saturated rings. The molecule has 0 heterocycles. The van der Waals surface area contributed by atoms with Crippen molar-refractivity contribution in [2.24, 2.45) is 16.7 Å². The highest BCUT2D eigenvalue weighted by molar-refractivity contribution is 5.10. The van der Waals surface area contributed by atoms with Gasteiger partial charge in [0.15, 0.2) is 0 Å². The fourth-order valence-corrected chi connectivity index (χ4v) is 3.62. The average Bonchev–Trinajstić information content (AvgIpc) is 2.39. The smallest absolute Gasteiger partial charge is 0.0427 e. The normalized spacial score (nSPS) is 50.0. The molecule has 2 rings (SSSR count). The molecule has 2 aliphatic carbocycles. The molecular weight excluding hydrogens is 150 g/mol. The van der Waals surface area contributed by atoms with E-state index in [1.54, 1.807) is 0 Å². The SMILES string of the molecule is CC1(C)C(NO)[C@]2(C)CC[C@H]1C2. The molecule has 2 bridgehead atoms. The molecule has 2 saturated carbocycles. The van der Waals surface area contributed by atoms with Crippen molar-refractivity contribution in [1.82, 2.24) is 5.48 Å². The molecule has 0 saturated heterocycles. The molecule has 0 aromatic carbocycles. The minimum Gasteiger partial charge on any atom is -0.317 e. The Balaban J connectivity index is 2.31. The van der Waals surface area contributed by atoms with E-state index in [1.807, 2.05) is 0 Å². The second kappa shape index (κ2) is 2.24. The Morgan fingerprint density at radius 1 is 1.33 bits per heavy atom. The molecule has 0 aliphatic heterocycles. The van der Waals surface area contributed by atoms with Gasteiger partial charge in [-0.1, -0.05) is 20.8 Å². The number of nitrogens with one attached hydrogen (secondary N) is 1. The van der Waals surface area contributed by atoms with Crippen molar-refractivity contribution in [2.45, 2.75) is 46.1 Å². The lowest BCUT2D eigenvalue weighted by Crippen LogP contribution is -2.48. The van der Waals surface area contributed by atoms with Gasteiger partial charge < -0.3 is 5.21 Å². The van der Waals surface area contributed by atoms with Gasteiger partial charge in [-0.15, -0.1) is 0 Å². The predicted octanol–water partition coefficient (Wildman–Crippen LogP) is 2.18. The summed E-state index contributed by atoms with van der Waals surface area (Å²) < 4.78 is 0. The Hall–Kier alpha value is -0.0800. The van der Waals surface area contributed by atoms with Crippen LogP contribution in [-0.4, -0.2) is 11.2 Å². The number of hydroxylamine groups is 1. The Bertz CT molecular complexity index is 197. The average molecular weight is 169 g/mol. The van der Waals surface area contributed by atoms with E-state index in [4.69, 9.17) is 5.21 Å². The van der Waals surface area contributed by atoms with E-state index in [0.29, 0.717) is 11.5 Å². The first-order valence-corrected chi connectivity index (χ1v) is 4.90. The van der Waals surface area contributed by atoms with E-state index in [0.717, 1.165) is 5.92 Å². The first kappa shape index (κ1) is 8.52. The molecular formula is C10H19NO. The first-order chi connectivity index (χ1) is 5.50.